The van der Waals surface area contributed by atoms with Crippen LogP contribution in [0.4, 0.5) is 17.6 Å². The fourth-order valence-corrected chi connectivity index (χ4v) is 4.36. The van der Waals surface area contributed by atoms with Gasteiger partial charge in [-0.05, 0) is 31.8 Å². The molecule has 0 bridgehead atoms. The van der Waals surface area contributed by atoms with Crippen LogP contribution in [-0.4, -0.2) is 117 Å². The fourth-order valence-electron chi connectivity index (χ4n) is 3.47. The molecule has 0 aliphatic carbocycles. The SMILES string of the molecule is C=CC(=O)Nc1cc(N)nc(Sc2c(OC)nc(N3CCN(C)CC3)nc2OCCOCCOCCOCC)n1. The zero-order valence-electron chi connectivity index (χ0n) is 23.3. The van der Waals surface area contributed by atoms with Crippen LogP contribution >= 0.6 is 11.8 Å². The van der Waals surface area contributed by atoms with Crippen molar-refractivity contribution in [1.29, 1.82) is 0 Å². The average Bonchev–Trinajstić information content (AvgIpc) is 2.94. The van der Waals surface area contributed by atoms with E-state index in [4.69, 9.17) is 34.4 Å². The van der Waals surface area contributed by atoms with Gasteiger partial charge >= 0.3 is 0 Å². The van der Waals surface area contributed by atoms with Crippen LogP contribution in [-0.2, 0) is 19.0 Å². The Labute approximate surface area is 238 Å². The molecule has 1 fully saturated rings. The Balaban J connectivity index is 1.75. The summed E-state index contributed by atoms with van der Waals surface area (Å²) >= 11 is 1.11. The van der Waals surface area contributed by atoms with E-state index in [-0.39, 0.29) is 23.4 Å². The Morgan fingerprint density at radius 1 is 1.02 bits per heavy atom. The molecule has 0 atom stereocenters. The number of likely N-dealkylation sites (N-methyl/N-ethyl adjacent to an activating group) is 1. The van der Waals surface area contributed by atoms with Crippen molar-refractivity contribution in [2.45, 2.75) is 17.0 Å². The second-order valence-electron chi connectivity index (χ2n) is 8.48. The summed E-state index contributed by atoms with van der Waals surface area (Å²) in [6.07, 6.45) is 1.14. The van der Waals surface area contributed by atoms with Gasteiger partial charge in [-0.2, -0.15) is 9.97 Å². The maximum Gasteiger partial charge on any atom is 0.248 e. The summed E-state index contributed by atoms with van der Waals surface area (Å²) in [7, 11) is 3.60. The topological polar surface area (TPSA) is 159 Å². The van der Waals surface area contributed by atoms with Crippen LogP contribution in [0.15, 0.2) is 28.8 Å². The summed E-state index contributed by atoms with van der Waals surface area (Å²) in [5, 5.41) is 2.84. The molecule has 1 aliphatic rings. The largest absolute Gasteiger partial charge is 0.480 e. The second-order valence-corrected chi connectivity index (χ2v) is 9.46. The number of hydrogen-bond donors (Lipinski definition) is 2. The van der Waals surface area contributed by atoms with E-state index >= 15 is 0 Å². The normalized spacial score (nSPS) is 13.7. The summed E-state index contributed by atoms with van der Waals surface area (Å²) in [5.41, 5.74) is 5.96. The van der Waals surface area contributed by atoms with Gasteiger partial charge in [0.1, 0.15) is 23.1 Å². The van der Waals surface area contributed by atoms with E-state index in [1.54, 1.807) is 0 Å². The molecule has 3 heterocycles. The molecule has 2 aromatic heterocycles. The molecule has 2 aromatic rings. The molecular formula is C25H38N8O6S. The first-order chi connectivity index (χ1) is 19.4. The average molecular weight is 579 g/mol. The van der Waals surface area contributed by atoms with Crippen molar-refractivity contribution >= 4 is 35.3 Å². The Morgan fingerprint density at radius 2 is 1.68 bits per heavy atom. The number of nitrogen functional groups attached to an aromatic ring is 1. The van der Waals surface area contributed by atoms with E-state index in [0.717, 1.165) is 44.0 Å². The molecule has 40 heavy (non-hydrogen) atoms. The number of aromatic nitrogens is 4. The Bertz CT molecular complexity index is 1100. The third-order valence-electron chi connectivity index (χ3n) is 5.54. The van der Waals surface area contributed by atoms with E-state index in [9.17, 15) is 4.79 Å². The second kappa shape index (κ2) is 16.8. The number of nitrogens with zero attached hydrogens (tertiary/aromatic N) is 6. The molecule has 0 aromatic carbocycles. The first-order valence-corrected chi connectivity index (χ1v) is 13.8. The number of carbonyl (C=O) groups excluding carboxylic acids is 1. The van der Waals surface area contributed by atoms with Crippen molar-refractivity contribution in [2.75, 3.05) is 103 Å². The molecule has 220 valence electrons. The third-order valence-corrected chi connectivity index (χ3v) is 6.46. The molecule has 0 spiro atoms. The lowest BCUT2D eigenvalue weighted by Gasteiger charge is -2.32. The van der Waals surface area contributed by atoms with Crippen LogP contribution in [0.25, 0.3) is 0 Å². The highest BCUT2D eigenvalue weighted by atomic mass is 32.2. The number of piperazine rings is 1. The van der Waals surface area contributed by atoms with E-state index in [1.165, 1.54) is 13.2 Å². The van der Waals surface area contributed by atoms with Crippen molar-refractivity contribution in [3.05, 3.63) is 18.7 Å². The molecule has 0 radical (unpaired) electrons. The van der Waals surface area contributed by atoms with Crippen molar-refractivity contribution in [3.63, 3.8) is 0 Å². The van der Waals surface area contributed by atoms with Gasteiger partial charge in [0.25, 0.3) is 0 Å². The summed E-state index contributed by atoms with van der Waals surface area (Å²) in [4.78, 5) is 34.6. The highest BCUT2D eigenvalue weighted by Crippen LogP contribution is 2.40. The van der Waals surface area contributed by atoms with Crippen molar-refractivity contribution in [2.24, 2.45) is 0 Å². The Kier molecular flexibility index (Phi) is 13.1. The number of anilines is 3. The zero-order valence-corrected chi connectivity index (χ0v) is 24.1. The zero-order chi connectivity index (χ0) is 28.7. The van der Waals surface area contributed by atoms with Crippen LogP contribution in [0.5, 0.6) is 11.8 Å². The number of nitrogens with one attached hydrogen (secondary N) is 1. The number of carbonyl (C=O) groups is 1. The monoisotopic (exact) mass is 578 g/mol. The predicted octanol–water partition coefficient (Wildman–Crippen LogP) is 1.33. The number of nitrogens with two attached hydrogens (primary N) is 1. The molecular weight excluding hydrogens is 540 g/mol. The lowest BCUT2D eigenvalue weighted by molar-refractivity contribution is -0.111. The van der Waals surface area contributed by atoms with Crippen LogP contribution in [0, 0.1) is 0 Å². The van der Waals surface area contributed by atoms with Crippen LogP contribution in [0.3, 0.4) is 0 Å². The summed E-state index contributed by atoms with van der Waals surface area (Å²) in [6, 6.07) is 1.45. The van der Waals surface area contributed by atoms with Crippen LogP contribution < -0.4 is 25.4 Å². The smallest absolute Gasteiger partial charge is 0.248 e. The van der Waals surface area contributed by atoms with Crippen molar-refractivity contribution in [1.82, 2.24) is 24.8 Å². The van der Waals surface area contributed by atoms with Crippen LogP contribution in [0.1, 0.15) is 6.92 Å². The molecule has 1 aliphatic heterocycles. The number of ether oxygens (including phenoxy) is 5. The van der Waals surface area contributed by atoms with Gasteiger partial charge in [0, 0.05) is 38.9 Å². The summed E-state index contributed by atoms with van der Waals surface area (Å²) in [6.45, 7) is 11.9. The Morgan fingerprint density at radius 3 is 2.33 bits per heavy atom. The van der Waals surface area contributed by atoms with E-state index in [0.29, 0.717) is 62.2 Å². The Hall–Kier alpha value is -3.24. The third kappa shape index (κ3) is 10.1. The number of hydrogen-bond acceptors (Lipinski definition) is 14. The fraction of sp³-hybridized carbons (Fsp3) is 0.560. The van der Waals surface area contributed by atoms with E-state index in [2.05, 4.69) is 43.7 Å². The van der Waals surface area contributed by atoms with Gasteiger partial charge in [-0.25, -0.2) is 9.97 Å². The van der Waals surface area contributed by atoms with Crippen molar-refractivity contribution in [3.8, 4) is 11.8 Å². The molecule has 1 amide bonds. The van der Waals surface area contributed by atoms with Gasteiger partial charge in [0.05, 0.1) is 40.1 Å². The molecule has 0 unspecified atom stereocenters. The minimum Gasteiger partial charge on any atom is -0.480 e. The molecule has 0 saturated carbocycles. The highest BCUT2D eigenvalue weighted by Gasteiger charge is 2.24. The van der Waals surface area contributed by atoms with Gasteiger partial charge in [0.15, 0.2) is 5.16 Å². The first-order valence-electron chi connectivity index (χ1n) is 12.9. The van der Waals surface area contributed by atoms with E-state index < -0.39 is 5.91 Å². The quantitative estimate of drug-likeness (QED) is 0.157. The van der Waals surface area contributed by atoms with Gasteiger partial charge < -0.3 is 44.5 Å². The van der Waals surface area contributed by atoms with Gasteiger partial charge in [-0.15, -0.1) is 0 Å². The van der Waals surface area contributed by atoms with Crippen molar-refractivity contribution < 1.29 is 28.5 Å². The first kappa shape index (κ1) is 31.3. The predicted molar refractivity (Wildman–Crippen MR) is 151 cm³/mol. The molecule has 15 heteroatoms. The highest BCUT2D eigenvalue weighted by molar-refractivity contribution is 7.99. The number of amides is 1. The molecule has 1 saturated heterocycles. The summed E-state index contributed by atoms with van der Waals surface area (Å²) in [5.74, 6) is 1.08. The number of methoxy groups -OCH3 is 1. The maximum atomic E-state index is 11.8. The minimum atomic E-state index is -0.421. The molecule has 14 nitrogen and oxygen atoms in total. The molecule has 3 rings (SSSR count). The number of rotatable bonds is 17. The van der Waals surface area contributed by atoms with Gasteiger partial charge in [-0.3, -0.25) is 4.79 Å². The van der Waals surface area contributed by atoms with Crippen LogP contribution in [0.2, 0.25) is 0 Å². The van der Waals surface area contributed by atoms with Gasteiger partial charge in [-0.1, -0.05) is 6.58 Å². The van der Waals surface area contributed by atoms with E-state index in [1.807, 2.05) is 6.92 Å². The summed E-state index contributed by atoms with van der Waals surface area (Å²) < 4.78 is 28.0. The lowest BCUT2D eigenvalue weighted by atomic mass is 10.3. The van der Waals surface area contributed by atoms with Gasteiger partial charge in [0.2, 0.25) is 23.6 Å². The standard InChI is InChI=1S/C25H38N8O6S/c1-5-20(34)28-19-17-18(26)27-25(29-19)40-21-22(35-4)30-24(33-9-7-32(3)8-10-33)31-23(21)39-16-15-38-14-13-37-12-11-36-6-2/h5,17H,1,6-16H2,2-4H3,(H3,26,27,28,29,34). The molecule has 3 N–H and O–H groups in total. The lowest BCUT2D eigenvalue weighted by Crippen LogP contribution is -2.45. The minimum absolute atomic E-state index is 0.171. The maximum absolute atomic E-state index is 11.8.